The molecule has 228 valence electrons. The predicted molar refractivity (Wildman–Crippen MR) is 183 cm³/mol. The highest BCUT2D eigenvalue weighted by atomic mass is 31.2. The average molecular weight is 600 g/mol. The number of phenols is 1. The van der Waals surface area contributed by atoms with Crippen molar-refractivity contribution >= 4 is 23.2 Å². The quantitative estimate of drug-likeness (QED) is 0.0978. The molecule has 4 aromatic carbocycles. The van der Waals surface area contributed by atoms with E-state index in [1.54, 1.807) is 21.3 Å². The van der Waals surface area contributed by atoms with Crippen LogP contribution >= 0.6 is 7.26 Å². The third-order valence-electron chi connectivity index (χ3n) is 8.58. The molecule has 0 fully saturated rings. The van der Waals surface area contributed by atoms with Crippen LogP contribution in [0, 0.1) is 6.92 Å². The summed E-state index contributed by atoms with van der Waals surface area (Å²) in [5.41, 5.74) is 1.80. The predicted octanol–water partition coefficient (Wildman–Crippen LogP) is 8.38. The minimum atomic E-state index is -1.72. The second-order valence-corrected chi connectivity index (χ2v) is 14.8. The van der Waals surface area contributed by atoms with E-state index in [0.29, 0.717) is 17.2 Å². The van der Waals surface area contributed by atoms with Gasteiger partial charge in [0.25, 0.3) is 0 Å². The lowest BCUT2D eigenvalue weighted by Crippen LogP contribution is -2.33. The van der Waals surface area contributed by atoms with E-state index in [0.717, 1.165) is 30.4 Å². The number of hydrogen-bond donors (Lipinski definition) is 1. The van der Waals surface area contributed by atoms with E-state index >= 15 is 0 Å². The van der Waals surface area contributed by atoms with E-state index in [2.05, 4.69) is 91.0 Å². The van der Waals surface area contributed by atoms with Crippen LogP contribution in [0.15, 0.2) is 91.0 Å². The van der Waals surface area contributed by atoms with Gasteiger partial charge in [-0.15, -0.1) is 0 Å². The molecule has 0 aliphatic carbocycles. The molecule has 0 aliphatic rings. The molecule has 0 heterocycles. The van der Waals surface area contributed by atoms with Crippen LogP contribution in [0.4, 0.5) is 0 Å². The molecule has 0 saturated carbocycles. The summed E-state index contributed by atoms with van der Waals surface area (Å²) in [5.74, 6) is 1.58. The van der Waals surface area contributed by atoms with E-state index in [-0.39, 0.29) is 5.75 Å². The maximum absolute atomic E-state index is 10.8. The summed E-state index contributed by atoms with van der Waals surface area (Å²) < 4.78 is 16.5. The first-order valence-corrected chi connectivity index (χ1v) is 17.6. The fraction of sp³-hybridized carbons (Fsp3) is 0.368. The number of hydrogen-bond acceptors (Lipinski definition) is 4. The first kappa shape index (κ1) is 32.4. The Bertz CT molecular complexity index is 1260. The molecule has 0 unspecified atom stereocenters. The van der Waals surface area contributed by atoms with Crippen molar-refractivity contribution in [1.29, 1.82) is 0 Å². The van der Waals surface area contributed by atoms with Crippen LogP contribution < -0.4 is 30.1 Å². The van der Waals surface area contributed by atoms with Gasteiger partial charge in [0.15, 0.2) is 11.5 Å². The SMILES string of the molecule is COc1c(C)c(CCCCCCCCCC[P+](c2ccccc2)(c2ccccc2)c2ccccc2)c(O)c(OC)c1OC. The van der Waals surface area contributed by atoms with Crippen molar-refractivity contribution in [1.82, 2.24) is 0 Å². The van der Waals surface area contributed by atoms with E-state index in [1.807, 2.05) is 6.92 Å². The van der Waals surface area contributed by atoms with E-state index in [4.69, 9.17) is 14.2 Å². The molecule has 0 radical (unpaired) electrons. The van der Waals surface area contributed by atoms with Gasteiger partial charge in [-0.05, 0) is 69.0 Å². The first-order valence-electron chi connectivity index (χ1n) is 15.6. The zero-order valence-corrected chi connectivity index (χ0v) is 27.2. The monoisotopic (exact) mass is 599 g/mol. The van der Waals surface area contributed by atoms with Gasteiger partial charge in [-0.25, -0.2) is 0 Å². The van der Waals surface area contributed by atoms with Gasteiger partial charge in [-0.1, -0.05) is 86.7 Å². The Balaban J connectivity index is 1.29. The number of aromatic hydroxyl groups is 1. The zero-order chi connectivity index (χ0) is 30.5. The van der Waals surface area contributed by atoms with Gasteiger partial charge in [-0.2, -0.15) is 0 Å². The van der Waals surface area contributed by atoms with E-state index in [9.17, 15) is 5.11 Å². The summed E-state index contributed by atoms with van der Waals surface area (Å²) in [6.45, 7) is 1.97. The van der Waals surface area contributed by atoms with Crippen LogP contribution in [-0.2, 0) is 6.42 Å². The Morgan fingerprint density at radius 2 is 0.907 bits per heavy atom. The molecule has 0 atom stereocenters. The molecule has 43 heavy (non-hydrogen) atoms. The summed E-state index contributed by atoms with van der Waals surface area (Å²) >= 11 is 0. The van der Waals surface area contributed by atoms with Crippen LogP contribution in [0.5, 0.6) is 23.0 Å². The van der Waals surface area contributed by atoms with E-state index < -0.39 is 7.26 Å². The van der Waals surface area contributed by atoms with Crippen molar-refractivity contribution in [2.24, 2.45) is 0 Å². The Morgan fingerprint density at radius 1 is 0.512 bits per heavy atom. The summed E-state index contributed by atoms with van der Waals surface area (Å²) in [4.78, 5) is 0. The highest BCUT2D eigenvalue weighted by Gasteiger charge is 2.44. The highest BCUT2D eigenvalue weighted by molar-refractivity contribution is 7.95. The van der Waals surface area contributed by atoms with Crippen molar-refractivity contribution in [2.45, 2.75) is 64.7 Å². The average Bonchev–Trinajstić information content (AvgIpc) is 3.06. The fourth-order valence-corrected chi connectivity index (χ4v) is 10.8. The molecule has 0 aliphatic heterocycles. The summed E-state index contributed by atoms with van der Waals surface area (Å²) in [6.07, 6.45) is 11.6. The molecule has 0 aromatic heterocycles. The second kappa shape index (κ2) is 16.4. The Labute approximate surface area is 259 Å². The number of rotatable bonds is 17. The highest BCUT2D eigenvalue weighted by Crippen LogP contribution is 2.56. The Hall–Kier alpha value is -3.49. The maximum atomic E-state index is 10.8. The molecule has 4 rings (SSSR count). The standard InChI is InChI=1S/C38H47O4P/c1-30-34(35(39)37(41-3)38(42-4)36(30)40-2)28-20-9-7-5-6-8-10-21-29-43(31-22-14-11-15-23-31,32-24-16-12-17-25-32)33-26-18-13-19-27-33/h11-19,22-27H,5-10,20-21,28-29H2,1-4H3/p+1. The van der Waals surface area contributed by atoms with E-state index in [1.165, 1.54) is 60.6 Å². The third-order valence-corrected chi connectivity index (χ3v) is 13.1. The number of methoxy groups -OCH3 is 3. The van der Waals surface area contributed by atoms with Crippen molar-refractivity contribution in [3.8, 4) is 23.0 Å². The molecule has 5 heteroatoms. The fourth-order valence-electron chi connectivity index (χ4n) is 6.35. The zero-order valence-electron chi connectivity index (χ0n) is 26.4. The van der Waals surface area contributed by atoms with Crippen LogP contribution in [-0.4, -0.2) is 32.6 Å². The lowest BCUT2D eigenvalue weighted by atomic mass is 9.98. The molecule has 0 amide bonds. The minimum absolute atomic E-state index is 0.165. The second-order valence-electron chi connectivity index (χ2n) is 11.2. The molecule has 4 nitrogen and oxygen atoms in total. The van der Waals surface area contributed by atoms with Crippen LogP contribution in [0.25, 0.3) is 0 Å². The number of phenolic OH excluding ortho intramolecular Hbond substituents is 1. The smallest absolute Gasteiger partial charge is 0.207 e. The van der Waals surface area contributed by atoms with Gasteiger partial charge in [0.1, 0.15) is 23.2 Å². The summed E-state index contributed by atoms with van der Waals surface area (Å²) in [7, 11) is 3.00. The van der Waals surface area contributed by atoms with Crippen LogP contribution in [0.2, 0.25) is 0 Å². The molecular weight excluding hydrogens is 551 g/mol. The summed E-state index contributed by atoms with van der Waals surface area (Å²) in [6, 6.07) is 33.6. The molecule has 0 bridgehead atoms. The number of ether oxygens (including phenoxy) is 3. The van der Waals surface area contributed by atoms with Crippen molar-refractivity contribution < 1.29 is 19.3 Å². The Morgan fingerprint density at radius 3 is 1.33 bits per heavy atom. The first-order chi connectivity index (χ1) is 21.1. The lowest BCUT2D eigenvalue weighted by molar-refractivity contribution is 0.307. The largest absolute Gasteiger partial charge is 0.504 e. The molecule has 4 aromatic rings. The molecule has 0 saturated heterocycles. The van der Waals surface area contributed by atoms with Gasteiger partial charge in [-0.3, -0.25) is 0 Å². The van der Waals surface area contributed by atoms with Gasteiger partial charge in [0, 0.05) is 11.1 Å². The maximum Gasteiger partial charge on any atom is 0.207 e. The van der Waals surface area contributed by atoms with Crippen LogP contribution in [0.1, 0.15) is 62.5 Å². The van der Waals surface area contributed by atoms with Gasteiger partial charge in [0.2, 0.25) is 11.5 Å². The molecular formula is C38H48O4P+. The number of unbranched alkanes of at least 4 members (excludes halogenated alkanes) is 7. The van der Waals surface area contributed by atoms with Crippen LogP contribution in [0.3, 0.4) is 0 Å². The van der Waals surface area contributed by atoms with Crippen molar-refractivity contribution in [3.05, 3.63) is 102 Å². The normalized spacial score (nSPS) is 11.3. The number of benzene rings is 4. The van der Waals surface area contributed by atoms with Gasteiger partial charge < -0.3 is 19.3 Å². The van der Waals surface area contributed by atoms with Gasteiger partial charge in [0.05, 0.1) is 27.5 Å². The van der Waals surface area contributed by atoms with Gasteiger partial charge >= 0.3 is 0 Å². The third kappa shape index (κ3) is 7.54. The minimum Gasteiger partial charge on any atom is -0.504 e. The Kier molecular flexibility index (Phi) is 12.4. The lowest BCUT2D eigenvalue weighted by Gasteiger charge is -2.27. The van der Waals surface area contributed by atoms with Crippen molar-refractivity contribution in [3.63, 3.8) is 0 Å². The molecule has 1 N–H and O–H groups in total. The summed E-state index contributed by atoms with van der Waals surface area (Å²) in [5, 5.41) is 15.3. The topological polar surface area (TPSA) is 47.9 Å². The van der Waals surface area contributed by atoms with Crippen molar-refractivity contribution in [2.75, 3.05) is 27.5 Å². The molecule has 0 spiro atoms.